The number of aromatic amines is 1. The van der Waals surface area contributed by atoms with Gasteiger partial charge in [-0.3, -0.25) is 14.3 Å². The third-order valence-corrected chi connectivity index (χ3v) is 7.61. The molecule has 9 nitrogen and oxygen atoms in total. The molecule has 0 aliphatic rings. The summed E-state index contributed by atoms with van der Waals surface area (Å²) in [6.07, 6.45) is 2.25. The van der Waals surface area contributed by atoms with Crippen LogP contribution in [0.4, 0.5) is 0 Å². The molecule has 0 saturated carbocycles. The molecule has 0 aliphatic carbocycles. The molecule has 35 heavy (non-hydrogen) atoms. The Hall–Kier alpha value is -1.84. The zero-order valence-corrected chi connectivity index (χ0v) is 24.4. The number of ketones is 1. The largest absolute Gasteiger partial charge is 0.299 e. The summed E-state index contributed by atoms with van der Waals surface area (Å²) in [5.74, 6) is 0.0530. The number of H-pyrrole nitrogens is 1. The number of nitrogens with one attached hydrogen (secondary N) is 2. The van der Waals surface area contributed by atoms with Crippen LogP contribution in [-0.4, -0.2) is 46.5 Å². The van der Waals surface area contributed by atoms with E-state index in [2.05, 4.69) is 39.2 Å². The van der Waals surface area contributed by atoms with Gasteiger partial charge in [0.05, 0.1) is 5.75 Å². The van der Waals surface area contributed by atoms with E-state index in [1.165, 1.54) is 0 Å². The molecular weight excluding hydrogens is 466 g/mol. The Morgan fingerprint density at radius 3 is 1.80 bits per heavy atom. The summed E-state index contributed by atoms with van der Waals surface area (Å²) in [4.78, 5) is 25.3. The van der Waals surface area contributed by atoms with Crippen molar-refractivity contribution in [1.82, 2.24) is 25.3 Å². The summed E-state index contributed by atoms with van der Waals surface area (Å²) >= 11 is 0. The Morgan fingerprint density at radius 1 is 0.800 bits per heavy atom. The van der Waals surface area contributed by atoms with E-state index in [-0.39, 0.29) is 28.8 Å². The Labute approximate surface area is 212 Å². The first kappa shape index (κ1) is 31.2. The zero-order valence-electron chi connectivity index (χ0n) is 23.6. The minimum absolute atomic E-state index is 0.0773. The predicted octanol–water partition coefficient (Wildman–Crippen LogP) is 4.47. The van der Waals surface area contributed by atoms with Gasteiger partial charge in [-0.25, -0.2) is 8.42 Å². The maximum absolute atomic E-state index is 12.9. The number of nitrogens with zero attached hydrogens (tertiary/aromatic N) is 3. The lowest BCUT2D eigenvalue weighted by molar-refractivity contribution is -0.128. The number of hydrogen-bond donors (Lipinski definition) is 2. The fourth-order valence-corrected chi connectivity index (χ4v) is 7.03. The number of sulfonamides is 1. The van der Waals surface area contributed by atoms with E-state index in [0.29, 0.717) is 31.5 Å². The SMILES string of the molecule is CC(C)(CC(=O)NS(=O)(=O)CC(C)(C)CC(C)(C)CC(=O)C(C)(C)C)CC(C)(C)Cc1nn[nH]n1. The molecule has 0 radical (unpaired) electrons. The number of amides is 1. The van der Waals surface area contributed by atoms with Crippen molar-refractivity contribution in [3.63, 3.8) is 0 Å². The van der Waals surface area contributed by atoms with Crippen molar-refractivity contribution in [3.05, 3.63) is 5.82 Å². The Kier molecular flexibility index (Phi) is 9.49. The highest BCUT2D eigenvalue weighted by atomic mass is 32.2. The van der Waals surface area contributed by atoms with E-state index in [1.54, 1.807) is 0 Å². The Bertz CT molecular complexity index is 972. The van der Waals surface area contributed by atoms with Crippen LogP contribution in [0.1, 0.15) is 108 Å². The quantitative estimate of drug-likeness (QED) is 0.397. The van der Waals surface area contributed by atoms with Crippen molar-refractivity contribution in [2.24, 2.45) is 27.1 Å². The number of hydrogen-bond acceptors (Lipinski definition) is 7. The summed E-state index contributed by atoms with van der Waals surface area (Å²) < 4.78 is 28.0. The van der Waals surface area contributed by atoms with Crippen LogP contribution in [0.5, 0.6) is 0 Å². The number of rotatable bonds is 13. The van der Waals surface area contributed by atoms with Crippen molar-refractivity contribution in [2.75, 3.05) is 5.75 Å². The third-order valence-electron chi connectivity index (χ3n) is 5.90. The minimum Gasteiger partial charge on any atom is -0.299 e. The second kappa shape index (κ2) is 10.6. The molecule has 0 spiro atoms. The maximum atomic E-state index is 12.9. The highest BCUT2D eigenvalue weighted by Gasteiger charge is 2.37. The van der Waals surface area contributed by atoms with Crippen LogP contribution in [0.15, 0.2) is 0 Å². The van der Waals surface area contributed by atoms with Gasteiger partial charge in [0.15, 0.2) is 5.82 Å². The molecule has 0 fully saturated rings. The summed E-state index contributed by atoms with van der Waals surface area (Å²) in [5.41, 5.74) is -2.05. The van der Waals surface area contributed by atoms with E-state index in [4.69, 9.17) is 0 Å². The van der Waals surface area contributed by atoms with E-state index in [9.17, 15) is 18.0 Å². The first-order valence-electron chi connectivity index (χ1n) is 12.2. The van der Waals surface area contributed by atoms with Gasteiger partial charge in [0.25, 0.3) is 0 Å². The van der Waals surface area contributed by atoms with Gasteiger partial charge in [0.2, 0.25) is 15.9 Å². The fourth-order valence-electron chi connectivity index (χ4n) is 5.41. The van der Waals surface area contributed by atoms with Crippen LogP contribution in [0.2, 0.25) is 0 Å². The average Bonchev–Trinajstić information content (AvgIpc) is 2.99. The molecule has 1 aromatic rings. The molecule has 1 heterocycles. The number of carbonyl (C=O) groups excluding carboxylic acids is 2. The first-order valence-corrected chi connectivity index (χ1v) is 13.9. The molecule has 202 valence electrons. The second-order valence-corrected chi connectivity index (χ2v) is 16.0. The molecule has 1 rings (SSSR count). The number of Topliss-reactive ketones (excluding diaryl/α,β-unsaturated/α-hetero) is 1. The van der Waals surface area contributed by atoms with Gasteiger partial charge in [-0.15, -0.1) is 10.2 Å². The van der Waals surface area contributed by atoms with E-state index in [0.717, 1.165) is 0 Å². The first-order chi connectivity index (χ1) is 15.4. The molecule has 0 aromatic carbocycles. The smallest absolute Gasteiger partial charge is 0.235 e. The molecule has 0 atom stereocenters. The summed E-state index contributed by atoms with van der Waals surface area (Å²) in [6, 6.07) is 0. The number of aromatic nitrogens is 4. The predicted molar refractivity (Wildman–Crippen MR) is 138 cm³/mol. The van der Waals surface area contributed by atoms with Gasteiger partial charge in [-0.05, 0) is 34.5 Å². The highest BCUT2D eigenvalue weighted by molar-refractivity contribution is 7.90. The molecule has 2 N–H and O–H groups in total. The van der Waals surface area contributed by atoms with Crippen LogP contribution in [0.25, 0.3) is 0 Å². The monoisotopic (exact) mass is 513 g/mol. The van der Waals surface area contributed by atoms with Crippen LogP contribution in [0.3, 0.4) is 0 Å². The normalized spacial score (nSPS) is 14.1. The number of tetrazole rings is 1. The Balaban J connectivity index is 2.74. The van der Waals surface area contributed by atoms with E-state index >= 15 is 0 Å². The van der Waals surface area contributed by atoms with Crippen LogP contribution in [0, 0.1) is 27.1 Å². The van der Waals surface area contributed by atoms with Crippen LogP contribution >= 0.6 is 0 Å². The molecule has 0 saturated heterocycles. The number of carbonyl (C=O) groups is 2. The fraction of sp³-hybridized carbons (Fsp3) is 0.880. The van der Waals surface area contributed by atoms with Gasteiger partial charge < -0.3 is 0 Å². The third kappa shape index (κ3) is 12.1. The standard InChI is InChI=1S/C25H47N5O4S/c1-21(2,3)18(31)12-22(4,5)16-25(10,11)17-35(33,34)28-20(32)14-24(8,9)15-23(6,7)13-19-26-29-30-27-19/h12-17H2,1-11H3,(H,28,32)(H,26,27,29,30). The second-order valence-electron chi connectivity index (χ2n) is 14.3. The zero-order chi connectivity index (χ0) is 27.5. The lowest BCUT2D eigenvalue weighted by Crippen LogP contribution is -2.41. The van der Waals surface area contributed by atoms with Gasteiger partial charge in [0.1, 0.15) is 5.78 Å². The van der Waals surface area contributed by atoms with E-state index in [1.807, 2.05) is 62.3 Å². The van der Waals surface area contributed by atoms with Gasteiger partial charge in [-0.1, -0.05) is 81.4 Å². The molecule has 0 unspecified atom stereocenters. The van der Waals surface area contributed by atoms with Gasteiger partial charge in [-0.2, -0.15) is 5.21 Å². The summed E-state index contributed by atoms with van der Waals surface area (Å²) in [5, 5.41) is 14.0. The van der Waals surface area contributed by atoms with Crippen molar-refractivity contribution >= 4 is 21.7 Å². The average molecular weight is 514 g/mol. The lowest BCUT2D eigenvalue weighted by atomic mass is 9.71. The maximum Gasteiger partial charge on any atom is 0.235 e. The summed E-state index contributed by atoms with van der Waals surface area (Å²) in [7, 11) is -3.84. The van der Waals surface area contributed by atoms with Crippen molar-refractivity contribution in [1.29, 1.82) is 0 Å². The minimum atomic E-state index is -3.84. The lowest BCUT2D eigenvalue weighted by Gasteiger charge is -2.36. The van der Waals surface area contributed by atoms with Gasteiger partial charge in [0, 0.05) is 24.7 Å². The molecule has 1 amide bonds. The van der Waals surface area contributed by atoms with Crippen LogP contribution in [-0.2, 0) is 26.0 Å². The van der Waals surface area contributed by atoms with Crippen LogP contribution < -0.4 is 4.72 Å². The van der Waals surface area contributed by atoms with Crippen molar-refractivity contribution in [2.45, 2.75) is 108 Å². The summed E-state index contributed by atoms with van der Waals surface area (Å²) in [6.45, 7) is 21.4. The topological polar surface area (TPSA) is 135 Å². The van der Waals surface area contributed by atoms with E-state index < -0.39 is 32.2 Å². The molecular formula is C25H47N5O4S. The highest BCUT2D eigenvalue weighted by Crippen LogP contribution is 2.40. The van der Waals surface area contributed by atoms with Crippen molar-refractivity contribution in [3.8, 4) is 0 Å². The molecule has 1 aromatic heterocycles. The van der Waals surface area contributed by atoms with Gasteiger partial charge >= 0.3 is 0 Å². The molecule has 10 heteroatoms. The Morgan fingerprint density at radius 2 is 1.31 bits per heavy atom. The molecule has 0 aliphatic heterocycles. The molecule has 0 bridgehead atoms. The van der Waals surface area contributed by atoms with Crippen molar-refractivity contribution < 1.29 is 18.0 Å².